The molecule has 0 bridgehead atoms. The summed E-state index contributed by atoms with van der Waals surface area (Å²) < 4.78 is 5.68. The molecule has 0 aliphatic rings. The van der Waals surface area contributed by atoms with Crippen molar-refractivity contribution < 1.29 is 9.53 Å². The Morgan fingerprint density at radius 3 is 2.65 bits per heavy atom. The number of rotatable bonds is 5. The van der Waals surface area contributed by atoms with Gasteiger partial charge in [-0.2, -0.15) is 5.26 Å². The van der Waals surface area contributed by atoms with Crippen molar-refractivity contribution in [3.05, 3.63) is 64.7 Å². The number of amides is 1. The van der Waals surface area contributed by atoms with Crippen LogP contribution in [0, 0.1) is 11.3 Å². The lowest BCUT2D eigenvalue weighted by molar-refractivity contribution is -0.116. The number of hydrogen-bond donors (Lipinski definition) is 1. The predicted molar refractivity (Wildman–Crippen MR) is 90.2 cm³/mol. The topological polar surface area (TPSA) is 62.1 Å². The van der Waals surface area contributed by atoms with Gasteiger partial charge in [-0.25, -0.2) is 0 Å². The lowest BCUT2D eigenvalue weighted by Gasteiger charge is -2.08. The molecule has 0 saturated heterocycles. The maximum Gasteiger partial charge on any atom is 0.261 e. The number of nitrogens with one attached hydrogen (secondary N) is 1. The standard InChI is InChI=1S/C18H15ClN2O2/c1-2-21-18(22)14(12-20)10-13-8-9-17(16(19)11-13)23-15-6-4-3-5-7-15/h3-11H,2H2,1H3,(H,21,22)/b14-10+. The van der Waals surface area contributed by atoms with E-state index in [1.165, 1.54) is 6.08 Å². The number of hydrogen-bond acceptors (Lipinski definition) is 3. The first-order valence-electron chi connectivity index (χ1n) is 7.06. The third kappa shape index (κ3) is 4.60. The Kier molecular flexibility index (Phi) is 5.79. The minimum Gasteiger partial charge on any atom is -0.456 e. The Morgan fingerprint density at radius 1 is 1.30 bits per heavy atom. The number of carbonyl (C=O) groups is 1. The van der Waals surface area contributed by atoms with Gasteiger partial charge in [-0.1, -0.05) is 35.9 Å². The number of benzene rings is 2. The van der Waals surface area contributed by atoms with E-state index in [0.717, 1.165) is 0 Å². The van der Waals surface area contributed by atoms with Gasteiger partial charge in [0, 0.05) is 6.54 Å². The Balaban J connectivity index is 2.22. The zero-order chi connectivity index (χ0) is 16.7. The smallest absolute Gasteiger partial charge is 0.261 e. The van der Waals surface area contributed by atoms with E-state index in [2.05, 4.69) is 5.32 Å². The zero-order valence-corrected chi connectivity index (χ0v) is 13.3. The Labute approximate surface area is 140 Å². The van der Waals surface area contributed by atoms with Crippen molar-refractivity contribution in [1.29, 1.82) is 5.26 Å². The first-order valence-corrected chi connectivity index (χ1v) is 7.44. The van der Waals surface area contributed by atoms with Gasteiger partial charge in [0.2, 0.25) is 0 Å². The predicted octanol–water partition coefficient (Wildman–Crippen LogP) is 4.18. The average Bonchev–Trinajstić information content (AvgIpc) is 2.56. The van der Waals surface area contributed by atoms with Gasteiger partial charge in [-0.3, -0.25) is 4.79 Å². The van der Waals surface area contributed by atoms with Gasteiger partial charge in [0.15, 0.2) is 0 Å². The normalized spacial score (nSPS) is 10.7. The van der Waals surface area contributed by atoms with Crippen LogP contribution in [0.2, 0.25) is 5.02 Å². The summed E-state index contributed by atoms with van der Waals surface area (Å²) in [5, 5.41) is 12.1. The van der Waals surface area contributed by atoms with Crippen LogP contribution in [0.25, 0.3) is 6.08 Å². The van der Waals surface area contributed by atoms with Crippen LogP contribution in [-0.2, 0) is 4.79 Å². The van der Waals surface area contributed by atoms with Gasteiger partial charge in [0.1, 0.15) is 23.1 Å². The highest BCUT2D eigenvalue weighted by molar-refractivity contribution is 6.32. The van der Waals surface area contributed by atoms with Crippen LogP contribution in [0.3, 0.4) is 0 Å². The minimum atomic E-state index is -0.407. The van der Waals surface area contributed by atoms with Crippen molar-refractivity contribution in [3.63, 3.8) is 0 Å². The molecule has 1 amide bonds. The summed E-state index contributed by atoms with van der Waals surface area (Å²) in [5.74, 6) is 0.778. The van der Waals surface area contributed by atoms with Gasteiger partial charge in [0.25, 0.3) is 5.91 Å². The van der Waals surface area contributed by atoms with Crippen LogP contribution in [0.1, 0.15) is 12.5 Å². The molecule has 0 unspecified atom stereocenters. The number of carbonyl (C=O) groups excluding carboxylic acids is 1. The van der Waals surface area contributed by atoms with Crippen LogP contribution < -0.4 is 10.1 Å². The Hall–Kier alpha value is -2.77. The fourth-order valence-electron chi connectivity index (χ4n) is 1.88. The number of ether oxygens (including phenoxy) is 1. The number of likely N-dealkylation sites (N-methyl/N-ethyl adjacent to an activating group) is 1. The highest BCUT2D eigenvalue weighted by Crippen LogP contribution is 2.30. The molecule has 0 radical (unpaired) electrons. The van der Waals surface area contributed by atoms with E-state index in [0.29, 0.717) is 28.6 Å². The van der Waals surface area contributed by atoms with Crippen molar-refractivity contribution in [2.45, 2.75) is 6.92 Å². The van der Waals surface area contributed by atoms with Crippen molar-refractivity contribution >= 4 is 23.6 Å². The molecule has 0 aliphatic carbocycles. The molecule has 0 fully saturated rings. The molecular weight excluding hydrogens is 312 g/mol. The highest BCUT2D eigenvalue weighted by Gasteiger charge is 2.09. The lowest BCUT2D eigenvalue weighted by Crippen LogP contribution is -2.23. The van der Waals surface area contributed by atoms with Gasteiger partial charge >= 0.3 is 0 Å². The average molecular weight is 327 g/mol. The van der Waals surface area contributed by atoms with Gasteiger partial charge in [-0.15, -0.1) is 0 Å². The quantitative estimate of drug-likeness (QED) is 0.662. The van der Waals surface area contributed by atoms with Crippen molar-refractivity contribution in [3.8, 4) is 17.6 Å². The van der Waals surface area contributed by atoms with Crippen molar-refractivity contribution in [2.75, 3.05) is 6.54 Å². The maximum atomic E-state index is 11.7. The maximum absolute atomic E-state index is 11.7. The zero-order valence-electron chi connectivity index (χ0n) is 12.5. The summed E-state index contributed by atoms with van der Waals surface area (Å²) in [6.45, 7) is 2.25. The molecule has 0 heterocycles. The molecule has 2 rings (SSSR count). The molecular formula is C18H15ClN2O2. The third-order valence-electron chi connectivity index (χ3n) is 2.94. The van der Waals surface area contributed by atoms with Gasteiger partial charge in [-0.05, 0) is 42.8 Å². The third-order valence-corrected chi connectivity index (χ3v) is 3.24. The van der Waals surface area contributed by atoms with Gasteiger partial charge in [0.05, 0.1) is 5.02 Å². The van der Waals surface area contributed by atoms with E-state index in [-0.39, 0.29) is 5.57 Å². The molecule has 0 spiro atoms. The second-order valence-electron chi connectivity index (χ2n) is 4.63. The molecule has 116 valence electrons. The lowest BCUT2D eigenvalue weighted by atomic mass is 10.1. The van der Waals surface area contributed by atoms with E-state index in [1.807, 2.05) is 36.4 Å². The molecule has 2 aromatic carbocycles. The number of nitriles is 1. The van der Waals surface area contributed by atoms with Crippen LogP contribution in [0.15, 0.2) is 54.1 Å². The van der Waals surface area contributed by atoms with E-state index in [4.69, 9.17) is 21.6 Å². The SMILES string of the molecule is CCNC(=O)/C(C#N)=C/c1ccc(Oc2ccccc2)c(Cl)c1. The van der Waals surface area contributed by atoms with E-state index in [1.54, 1.807) is 25.1 Å². The summed E-state index contributed by atoms with van der Waals surface area (Å²) >= 11 is 6.21. The summed E-state index contributed by atoms with van der Waals surface area (Å²) in [4.78, 5) is 11.7. The van der Waals surface area contributed by atoms with E-state index < -0.39 is 5.91 Å². The van der Waals surface area contributed by atoms with Crippen LogP contribution in [-0.4, -0.2) is 12.5 Å². The van der Waals surface area contributed by atoms with Crippen molar-refractivity contribution in [1.82, 2.24) is 5.32 Å². The van der Waals surface area contributed by atoms with E-state index in [9.17, 15) is 4.79 Å². The molecule has 0 aliphatic heterocycles. The van der Waals surface area contributed by atoms with E-state index >= 15 is 0 Å². The summed E-state index contributed by atoms with van der Waals surface area (Å²) in [7, 11) is 0. The van der Waals surface area contributed by atoms with Crippen LogP contribution in [0.5, 0.6) is 11.5 Å². The Bertz CT molecular complexity index is 764. The fourth-order valence-corrected chi connectivity index (χ4v) is 2.10. The summed E-state index contributed by atoms with van der Waals surface area (Å²) in [5.41, 5.74) is 0.679. The first-order chi connectivity index (χ1) is 11.1. The monoisotopic (exact) mass is 326 g/mol. The fraction of sp³-hybridized carbons (Fsp3) is 0.111. The van der Waals surface area contributed by atoms with Crippen molar-refractivity contribution in [2.24, 2.45) is 0 Å². The van der Waals surface area contributed by atoms with Crippen LogP contribution >= 0.6 is 11.6 Å². The Morgan fingerprint density at radius 2 is 2.04 bits per heavy atom. The largest absolute Gasteiger partial charge is 0.456 e. The number of halogens is 1. The van der Waals surface area contributed by atoms with Crippen LogP contribution in [0.4, 0.5) is 0 Å². The summed E-state index contributed by atoms with van der Waals surface area (Å²) in [6.07, 6.45) is 1.49. The number of nitrogens with zero attached hydrogens (tertiary/aromatic N) is 1. The molecule has 1 N–H and O–H groups in total. The number of para-hydroxylation sites is 1. The first kappa shape index (κ1) is 16.6. The van der Waals surface area contributed by atoms with Gasteiger partial charge < -0.3 is 10.1 Å². The molecule has 4 nitrogen and oxygen atoms in total. The minimum absolute atomic E-state index is 0.0274. The molecule has 5 heteroatoms. The second-order valence-corrected chi connectivity index (χ2v) is 5.04. The second kappa shape index (κ2) is 8.02. The molecule has 0 atom stereocenters. The molecule has 0 saturated carbocycles. The molecule has 2 aromatic rings. The summed E-state index contributed by atoms with van der Waals surface area (Å²) in [6, 6.07) is 16.3. The molecule has 23 heavy (non-hydrogen) atoms. The molecule has 0 aromatic heterocycles. The highest BCUT2D eigenvalue weighted by atomic mass is 35.5.